The van der Waals surface area contributed by atoms with E-state index in [9.17, 15) is 26.3 Å². The minimum absolute atomic E-state index is 0.379. The van der Waals surface area contributed by atoms with Crippen LogP contribution in [0.4, 0.5) is 0 Å². The van der Waals surface area contributed by atoms with E-state index in [1.165, 1.54) is 0 Å². The van der Waals surface area contributed by atoms with Gasteiger partial charge in [0.05, 0.1) is 80.2 Å². The Morgan fingerprint density at radius 1 is 0.381 bits per heavy atom. The first-order chi connectivity index (χ1) is 20.6. The molecule has 0 fully saturated rings. The average Bonchev–Trinajstić information content (AvgIpc) is 3.55. The van der Waals surface area contributed by atoms with Gasteiger partial charge in [-0.1, -0.05) is 0 Å². The lowest BCUT2D eigenvalue weighted by Crippen LogP contribution is -2.04. The Balaban J connectivity index is 1.58. The molecule has 7 aromatic rings. The second-order valence-corrected chi connectivity index (χ2v) is 9.73. The van der Waals surface area contributed by atoms with Crippen molar-refractivity contribution in [3.63, 3.8) is 0 Å². The summed E-state index contributed by atoms with van der Waals surface area (Å²) in [6.07, 6.45) is 0. The number of hydrogen-bond acceptors (Lipinski definition) is 6. The number of rotatable bonds is 2. The topological polar surface area (TPSA) is 142 Å². The van der Waals surface area contributed by atoms with Crippen LogP contribution in [-0.4, -0.2) is 14.1 Å². The summed E-state index contributed by atoms with van der Waals surface area (Å²) in [6.45, 7) is 0. The van der Waals surface area contributed by atoms with E-state index in [0.29, 0.717) is 39.5 Å². The molecule has 190 valence electrons. The highest BCUT2D eigenvalue weighted by molar-refractivity contribution is 6.11. The molecular formula is C34H14N8. The monoisotopic (exact) mass is 534 g/mol. The van der Waals surface area contributed by atoms with Gasteiger partial charge in [0.2, 0.25) is 0 Å². The van der Waals surface area contributed by atoms with Crippen molar-refractivity contribution in [3.8, 4) is 42.0 Å². The van der Waals surface area contributed by atoms with Crippen molar-refractivity contribution in [1.29, 1.82) is 26.3 Å². The van der Waals surface area contributed by atoms with E-state index in [4.69, 9.17) is 4.98 Å². The number of aromatic nitrogens is 3. The second kappa shape index (κ2) is 9.08. The van der Waals surface area contributed by atoms with Gasteiger partial charge in [-0.25, -0.2) is 4.98 Å². The summed E-state index contributed by atoms with van der Waals surface area (Å²) >= 11 is 0. The van der Waals surface area contributed by atoms with E-state index in [-0.39, 0.29) is 0 Å². The number of fused-ring (bicyclic) bond motifs is 6. The van der Waals surface area contributed by atoms with Gasteiger partial charge in [0, 0.05) is 21.5 Å². The highest BCUT2D eigenvalue weighted by Crippen LogP contribution is 2.36. The SMILES string of the molecule is N#Cc1cc(-n2c3ccc(C#N)cc3c3cc(C#N)ccc32)nc(-n2c3ccc(C#N)cc3c3cc(C#N)ccc32)c1. The smallest absolute Gasteiger partial charge is 0.141 e. The second-order valence-electron chi connectivity index (χ2n) is 9.73. The first-order valence-corrected chi connectivity index (χ1v) is 12.8. The highest BCUT2D eigenvalue weighted by Gasteiger charge is 2.19. The molecule has 0 aliphatic carbocycles. The highest BCUT2D eigenvalue weighted by atomic mass is 15.1. The molecule has 0 saturated heterocycles. The molecule has 8 heteroatoms. The Kier molecular flexibility index (Phi) is 5.22. The fourth-order valence-corrected chi connectivity index (χ4v) is 5.61. The fraction of sp³-hybridized carbons (Fsp3) is 0. The quantitative estimate of drug-likeness (QED) is 0.243. The molecule has 0 radical (unpaired) electrons. The molecule has 4 aromatic carbocycles. The Morgan fingerprint density at radius 2 is 0.667 bits per heavy atom. The van der Waals surface area contributed by atoms with Gasteiger partial charge in [0.1, 0.15) is 11.6 Å². The van der Waals surface area contributed by atoms with Crippen LogP contribution in [0.25, 0.3) is 55.2 Å². The molecule has 42 heavy (non-hydrogen) atoms. The molecule has 0 aliphatic rings. The molecule has 3 aromatic heterocycles. The van der Waals surface area contributed by atoms with Gasteiger partial charge in [-0.05, 0) is 84.9 Å². The summed E-state index contributed by atoms with van der Waals surface area (Å²) in [5.74, 6) is 0.964. The van der Waals surface area contributed by atoms with Crippen LogP contribution < -0.4 is 0 Å². The average molecular weight is 535 g/mol. The van der Waals surface area contributed by atoms with Gasteiger partial charge < -0.3 is 0 Å². The van der Waals surface area contributed by atoms with Gasteiger partial charge in [-0.2, -0.15) is 26.3 Å². The van der Waals surface area contributed by atoms with Crippen LogP contribution in [0.5, 0.6) is 0 Å². The van der Waals surface area contributed by atoms with Crippen LogP contribution in [0.15, 0.2) is 84.9 Å². The summed E-state index contributed by atoms with van der Waals surface area (Å²) in [5.41, 5.74) is 5.41. The zero-order valence-electron chi connectivity index (χ0n) is 21.7. The third-order valence-corrected chi connectivity index (χ3v) is 7.43. The Labute approximate surface area is 238 Å². The largest absolute Gasteiger partial charge is 0.294 e. The lowest BCUT2D eigenvalue weighted by molar-refractivity contribution is 1.01. The third-order valence-electron chi connectivity index (χ3n) is 7.43. The first-order valence-electron chi connectivity index (χ1n) is 12.8. The van der Waals surface area contributed by atoms with Crippen molar-refractivity contribution in [2.45, 2.75) is 0 Å². The van der Waals surface area contributed by atoms with Crippen molar-refractivity contribution >= 4 is 43.6 Å². The zero-order chi connectivity index (χ0) is 29.0. The van der Waals surface area contributed by atoms with E-state index in [1.54, 1.807) is 60.7 Å². The van der Waals surface area contributed by atoms with E-state index >= 15 is 0 Å². The Hall–Kier alpha value is -6.92. The van der Waals surface area contributed by atoms with Crippen LogP contribution in [0.3, 0.4) is 0 Å². The van der Waals surface area contributed by atoms with Gasteiger partial charge in [-0.15, -0.1) is 0 Å². The molecule has 0 atom stereocenters. The molecule has 3 heterocycles. The van der Waals surface area contributed by atoms with Crippen LogP contribution in [0, 0.1) is 56.7 Å². The molecule has 0 aliphatic heterocycles. The summed E-state index contributed by atoms with van der Waals surface area (Å²) in [6, 6.07) is 35.8. The van der Waals surface area contributed by atoms with E-state index in [1.807, 2.05) is 33.4 Å². The number of benzene rings is 4. The van der Waals surface area contributed by atoms with Crippen molar-refractivity contribution in [2.75, 3.05) is 0 Å². The van der Waals surface area contributed by atoms with Gasteiger partial charge in [-0.3, -0.25) is 9.13 Å². The maximum Gasteiger partial charge on any atom is 0.141 e. The molecule has 0 amide bonds. The summed E-state index contributed by atoms with van der Waals surface area (Å²) < 4.78 is 3.85. The van der Waals surface area contributed by atoms with Gasteiger partial charge in [0.25, 0.3) is 0 Å². The standard InChI is InChI=1S/C34H14N8/c35-15-20-1-5-29-25(9-20)26-10-21(16-36)2-6-30(26)41(29)33-13-24(19-39)14-34(40-33)42-31-7-3-22(17-37)11-27(31)28-12-23(18-38)4-8-32(28)42/h1-14H. The number of nitriles is 5. The molecular weight excluding hydrogens is 520 g/mol. The van der Waals surface area contributed by atoms with Crippen molar-refractivity contribution in [1.82, 2.24) is 14.1 Å². The van der Waals surface area contributed by atoms with Crippen LogP contribution >= 0.6 is 0 Å². The molecule has 7 rings (SSSR count). The minimum atomic E-state index is 0.379. The van der Waals surface area contributed by atoms with Crippen LogP contribution in [-0.2, 0) is 0 Å². The minimum Gasteiger partial charge on any atom is -0.294 e. The predicted octanol–water partition coefficient (Wildman–Crippen LogP) is 6.63. The lowest BCUT2D eigenvalue weighted by atomic mass is 10.1. The van der Waals surface area contributed by atoms with Crippen molar-refractivity contribution in [2.24, 2.45) is 0 Å². The lowest BCUT2D eigenvalue weighted by Gasteiger charge is -2.12. The third kappa shape index (κ3) is 3.47. The van der Waals surface area contributed by atoms with Crippen molar-refractivity contribution in [3.05, 3.63) is 113 Å². The maximum absolute atomic E-state index is 10.1. The molecule has 0 spiro atoms. The number of hydrogen-bond donors (Lipinski definition) is 0. The fourth-order valence-electron chi connectivity index (χ4n) is 5.61. The Morgan fingerprint density at radius 3 is 0.929 bits per heavy atom. The van der Waals surface area contributed by atoms with E-state index in [0.717, 1.165) is 43.6 Å². The van der Waals surface area contributed by atoms with E-state index < -0.39 is 0 Å². The number of pyridine rings is 1. The Bertz CT molecular complexity index is 2220. The van der Waals surface area contributed by atoms with Crippen LogP contribution in [0.1, 0.15) is 27.8 Å². The molecule has 0 saturated carbocycles. The number of nitrogens with zero attached hydrogens (tertiary/aromatic N) is 8. The van der Waals surface area contributed by atoms with Crippen LogP contribution in [0.2, 0.25) is 0 Å². The summed E-state index contributed by atoms with van der Waals surface area (Å²) in [7, 11) is 0. The van der Waals surface area contributed by atoms with E-state index in [2.05, 4.69) is 30.3 Å². The van der Waals surface area contributed by atoms with Crippen molar-refractivity contribution < 1.29 is 0 Å². The predicted molar refractivity (Wildman–Crippen MR) is 156 cm³/mol. The molecule has 0 bridgehead atoms. The van der Waals surface area contributed by atoms with Gasteiger partial charge >= 0.3 is 0 Å². The molecule has 8 nitrogen and oxygen atoms in total. The van der Waals surface area contributed by atoms with Gasteiger partial charge in [0.15, 0.2) is 0 Å². The molecule has 0 unspecified atom stereocenters. The summed E-state index contributed by atoms with van der Waals surface area (Å²) in [4.78, 5) is 5.05. The first kappa shape index (κ1) is 24.1. The maximum atomic E-state index is 10.1. The molecule has 0 N–H and O–H groups in total. The summed E-state index contributed by atoms with van der Waals surface area (Å²) in [5, 5.41) is 51.4. The zero-order valence-corrected chi connectivity index (χ0v) is 21.7. The normalized spacial score (nSPS) is 10.7.